The summed E-state index contributed by atoms with van der Waals surface area (Å²) in [6.45, 7) is 1.30. The molecule has 1 aliphatic heterocycles. The topological polar surface area (TPSA) is 99.0 Å². The number of amides is 1. The molecule has 2 aromatic heterocycles. The third kappa shape index (κ3) is 4.76. The average Bonchev–Trinajstić information content (AvgIpc) is 3.55. The van der Waals surface area contributed by atoms with E-state index >= 15 is 0 Å². The van der Waals surface area contributed by atoms with Crippen LogP contribution in [-0.2, 0) is 4.74 Å². The van der Waals surface area contributed by atoms with E-state index in [2.05, 4.69) is 15.6 Å². The molecule has 1 fully saturated rings. The maximum Gasteiger partial charge on any atom is 0.251 e. The van der Waals surface area contributed by atoms with Crippen LogP contribution in [0.25, 0.3) is 16.9 Å². The van der Waals surface area contributed by atoms with Crippen LogP contribution in [0, 0.1) is 0 Å². The first-order valence-corrected chi connectivity index (χ1v) is 11.5. The summed E-state index contributed by atoms with van der Waals surface area (Å²) in [6.07, 6.45) is 7.41. The van der Waals surface area contributed by atoms with Crippen LogP contribution >= 0.6 is 0 Å². The van der Waals surface area contributed by atoms with Crippen molar-refractivity contribution >= 4 is 23.1 Å². The molecule has 1 saturated heterocycles. The number of carbonyl (C=O) groups excluding carboxylic acids is 1. The Morgan fingerprint density at radius 1 is 1.14 bits per heavy atom. The van der Waals surface area contributed by atoms with Crippen molar-refractivity contribution in [2.45, 2.75) is 18.9 Å². The summed E-state index contributed by atoms with van der Waals surface area (Å²) >= 11 is 0. The van der Waals surface area contributed by atoms with E-state index < -0.39 is 0 Å². The molecule has 4 aromatic rings. The lowest BCUT2D eigenvalue weighted by Crippen LogP contribution is -2.31. The quantitative estimate of drug-likeness (QED) is 0.398. The van der Waals surface area contributed by atoms with Gasteiger partial charge in [0.05, 0.1) is 26.5 Å². The summed E-state index contributed by atoms with van der Waals surface area (Å²) in [5.74, 6) is 1.91. The van der Waals surface area contributed by atoms with E-state index in [-0.39, 0.29) is 12.0 Å². The Labute approximate surface area is 203 Å². The van der Waals surface area contributed by atoms with E-state index in [1.165, 1.54) is 0 Å². The van der Waals surface area contributed by atoms with Gasteiger partial charge in [0.1, 0.15) is 11.5 Å². The highest BCUT2D eigenvalue weighted by atomic mass is 16.5. The second kappa shape index (κ2) is 10.0. The average molecular weight is 474 g/mol. The molecular weight excluding hydrogens is 446 g/mol. The highest BCUT2D eigenvalue weighted by molar-refractivity contribution is 5.94. The van der Waals surface area contributed by atoms with E-state index in [0.717, 1.165) is 42.2 Å². The Balaban J connectivity index is 1.40. The number of hydrogen-bond acceptors (Lipinski definition) is 7. The second-order valence-electron chi connectivity index (χ2n) is 8.23. The van der Waals surface area contributed by atoms with Crippen LogP contribution in [0.1, 0.15) is 23.2 Å². The predicted molar refractivity (Wildman–Crippen MR) is 133 cm³/mol. The Morgan fingerprint density at radius 2 is 1.97 bits per heavy atom. The molecule has 0 radical (unpaired) electrons. The van der Waals surface area contributed by atoms with Crippen molar-refractivity contribution < 1.29 is 19.0 Å². The molecule has 1 atom stereocenters. The van der Waals surface area contributed by atoms with Crippen LogP contribution in [0.4, 0.5) is 11.5 Å². The third-order valence-electron chi connectivity index (χ3n) is 6.01. The Kier molecular flexibility index (Phi) is 6.49. The van der Waals surface area contributed by atoms with Crippen molar-refractivity contribution in [1.29, 1.82) is 0 Å². The van der Waals surface area contributed by atoms with E-state index in [4.69, 9.17) is 19.2 Å². The van der Waals surface area contributed by atoms with Crippen molar-refractivity contribution in [2.75, 3.05) is 32.7 Å². The minimum Gasteiger partial charge on any atom is -0.493 e. The summed E-state index contributed by atoms with van der Waals surface area (Å²) in [5.41, 5.74) is 3.71. The zero-order valence-electron chi connectivity index (χ0n) is 19.7. The van der Waals surface area contributed by atoms with Gasteiger partial charge in [0.2, 0.25) is 0 Å². The number of hydrogen-bond donors (Lipinski definition) is 2. The lowest BCUT2D eigenvalue weighted by Gasteiger charge is -2.12. The fourth-order valence-electron chi connectivity index (χ4n) is 4.17. The summed E-state index contributed by atoms with van der Waals surface area (Å²) in [4.78, 5) is 21.5. The molecule has 180 valence electrons. The number of carbonyl (C=O) groups is 1. The van der Waals surface area contributed by atoms with Crippen molar-refractivity contribution in [1.82, 2.24) is 19.7 Å². The van der Waals surface area contributed by atoms with Crippen molar-refractivity contribution in [3.8, 4) is 22.8 Å². The largest absolute Gasteiger partial charge is 0.493 e. The SMILES string of the molecule is COc1ccc(-c2nc3cnccn3c2Nc2ccc(C(=O)NCC3CCCO3)cc2)cc1OC. The van der Waals surface area contributed by atoms with Gasteiger partial charge in [0.15, 0.2) is 17.1 Å². The van der Waals surface area contributed by atoms with Gasteiger partial charge in [0, 0.05) is 42.4 Å². The molecule has 5 rings (SSSR count). The minimum absolute atomic E-state index is 0.111. The number of anilines is 2. The van der Waals surface area contributed by atoms with Gasteiger partial charge in [0.25, 0.3) is 5.91 Å². The van der Waals surface area contributed by atoms with Crippen LogP contribution < -0.4 is 20.1 Å². The number of nitrogens with one attached hydrogen (secondary N) is 2. The first-order valence-electron chi connectivity index (χ1n) is 11.5. The van der Waals surface area contributed by atoms with Gasteiger partial charge in [-0.2, -0.15) is 0 Å². The lowest BCUT2D eigenvalue weighted by atomic mass is 10.1. The van der Waals surface area contributed by atoms with Crippen LogP contribution in [0.2, 0.25) is 0 Å². The molecule has 1 aliphatic rings. The molecule has 3 heterocycles. The number of rotatable bonds is 8. The summed E-state index contributed by atoms with van der Waals surface area (Å²) < 4.78 is 18.4. The number of nitrogens with zero attached hydrogens (tertiary/aromatic N) is 3. The van der Waals surface area contributed by atoms with Crippen molar-refractivity contribution in [3.63, 3.8) is 0 Å². The number of benzene rings is 2. The maximum atomic E-state index is 12.5. The Bertz CT molecular complexity index is 1330. The van der Waals surface area contributed by atoms with Crippen LogP contribution in [-0.4, -0.2) is 53.8 Å². The Hall–Kier alpha value is -4.11. The van der Waals surface area contributed by atoms with Crippen molar-refractivity contribution in [2.24, 2.45) is 0 Å². The summed E-state index contributed by atoms with van der Waals surface area (Å²) in [5, 5.41) is 6.41. The smallest absolute Gasteiger partial charge is 0.251 e. The molecule has 1 unspecified atom stereocenters. The first kappa shape index (κ1) is 22.7. The molecule has 0 saturated carbocycles. The fourth-order valence-corrected chi connectivity index (χ4v) is 4.17. The summed E-state index contributed by atoms with van der Waals surface area (Å²) in [6, 6.07) is 13.0. The molecule has 0 aliphatic carbocycles. The fraction of sp³-hybridized carbons (Fsp3) is 0.269. The maximum absolute atomic E-state index is 12.5. The number of ether oxygens (including phenoxy) is 3. The number of fused-ring (bicyclic) bond motifs is 1. The molecular formula is C26H27N5O4. The molecule has 9 nitrogen and oxygen atoms in total. The van der Waals surface area contributed by atoms with Crippen molar-refractivity contribution in [3.05, 3.63) is 66.6 Å². The highest BCUT2D eigenvalue weighted by Gasteiger charge is 2.18. The van der Waals surface area contributed by atoms with Crippen LogP contribution in [0.15, 0.2) is 61.1 Å². The van der Waals surface area contributed by atoms with Gasteiger partial charge < -0.3 is 24.8 Å². The van der Waals surface area contributed by atoms with Gasteiger partial charge in [-0.3, -0.25) is 14.2 Å². The molecule has 0 bridgehead atoms. The van der Waals surface area contributed by atoms with Gasteiger partial charge in [-0.1, -0.05) is 0 Å². The van der Waals surface area contributed by atoms with Gasteiger partial charge in [-0.25, -0.2) is 4.98 Å². The monoisotopic (exact) mass is 473 g/mol. The zero-order valence-corrected chi connectivity index (χ0v) is 19.7. The highest BCUT2D eigenvalue weighted by Crippen LogP contribution is 2.36. The van der Waals surface area contributed by atoms with E-state index in [1.54, 1.807) is 38.7 Å². The van der Waals surface area contributed by atoms with Gasteiger partial charge >= 0.3 is 0 Å². The summed E-state index contributed by atoms with van der Waals surface area (Å²) in [7, 11) is 3.21. The van der Waals surface area contributed by atoms with Crippen LogP contribution in [0.3, 0.4) is 0 Å². The standard InChI is InChI=1S/C26H27N5O4/c1-33-21-10-7-18(14-22(21)34-2)24-25(31-12-11-27-16-23(31)30-24)29-19-8-5-17(6-9-19)26(32)28-15-20-4-3-13-35-20/h5-12,14,16,20,29H,3-4,13,15H2,1-2H3,(H,28,32). The molecule has 9 heteroatoms. The number of methoxy groups -OCH3 is 2. The normalized spacial score (nSPS) is 15.2. The third-order valence-corrected chi connectivity index (χ3v) is 6.01. The second-order valence-corrected chi connectivity index (χ2v) is 8.23. The molecule has 1 amide bonds. The Morgan fingerprint density at radius 3 is 2.71 bits per heavy atom. The zero-order chi connectivity index (χ0) is 24.2. The van der Waals surface area contributed by atoms with E-state index in [0.29, 0.717) is 29.3 Å². The molecule has 35 heavy (non-hydrogen) atoms. The van der Waals surface area contributed by atoms with Gasteiger partial charge in [-0.15, -0.1) is 0 Å². The molecule has 2 N–H and O–H groups in total. The first-order chi connectivity index (χ1) is 17.2. The molecule has 2 aromatic carbocycles. The van der Waals surface area contributed by atoms with Gasteiger partial charge in [-0.05, 0) is 55.3 Å². The van der Waals surface area contributed by atoms with E-state index in [1.807, 2.05) is 40.9 Å². The minimum atomic E-state index is -0.112. The van der Waals surface area contributed by atoms with E-state index in [9.17, 15) is 4.79 Å². The molecule has 0 spiro atoms. The van der Waals surface area contributed by atoms with Crippen LogP contribution in [0.5, 0.6) is 11.5 Å². The number of imidazole rings is 1. The lowest BCUT2D eigenvalue weighted by molar-refractivity contribution is 0.0858. The predicted octanol–water partition coefficient (Wildman–Crippen LogP) is 4.07. The number of aromatic nitrogens is 3.